The van der Waals surface area contributed by atoms with Gasteiger partial charge in [-0.2, -0.15) is 0 Å². The first-order valence-electron chi connectivity index (χ1n) is 7.53. The quantitative estimate of drug-likeness (QED) is 0.904. The Balaban J connectivity index is 2.09. The van der Waals surface area contributed by atoms with Crippen molar-refractivity contribution in [3.63, 3.8) is 0 Å². The van der Waals surface area contributed by atoms with Crippen LogP contribution in [-0.2, 0) is 4.79 Å². The third-order valence-corrected chi connectivity index (χ3v) is 4.21. The van der Waals surface area contributed by atoms with Crippen LogP contribution in [0.4, 0.5) is 8.78 Å². The molecule has 0 aliphatic carbocycles. The van der Waals surface area contributed by atoms with Crippen molar-refractivity contribution in [1.29, 1.82) is 0 Å². The fourth-order valence-corrected chi connectivity index (χ4v) is 2.83. The summed E-state index contributed by atoms with van der Waals surface area (Å²) in [5.41, 5.74) is 0.243. The average Bonchev–Trinajstić information content (AvgIpc) is 2.87. The van der Waals surface area contributed by atoms with Crippen LogP contribution in [0.25, 0.3) is 0 Å². The van der Waals surface area contributed by atoms with E-state index in [9.17, 15) is 18.7 Å². The molecule has 2 rings (SSSR count). The van der Waals surface area contributed by atoms with Gasteiger partial charge < -0.3 is 10.0 Å². The second kappa shape index (κ2) is 7.15. The van der Waals surface area contributed by atoms with Crippen LogP contribution in [0.2, 0.25) is 0 Å². The molecule has 0 radical (unpaired) electrons. The first kappa shape index (κ1) is 16.8. The number of rotatable bonds is 5. The molecule has 1 aromatic carbocycles. The zero-order valence-corrected chi connectivity index (χ0v) is 12.9. The van der Waals surface area contributed by atoms with Crippen LogP contribution in [0, 0.1) is 11.6 Å². The lowest BCUT2D eigenvalue weighted by molar-refractivity contribution is -0.130. The third-order valence-electron chi connectivity index (χ3n) is 4.21. The first-order chi connectivity index (χ1) is 10.4. The van der Waals surface area contributed by atoms with Gasteiger partial charge in [0.25, 0.3) is 0 Å². The van der Waals surface area contributed by atoms with E-state index < -0.39 is 23.8 Å². The Kier molecular flexibility index (Phi) is 5.47. The van der Waals surface area contributed by atoms with E-state index in [4.69, 9.17) is 0 Å². The molecule has 1 aliphatic rings. The highest BCUT2D eigenvalue weighted by atomic mass is 19.1. The molecule has 1 fully saturated rings. The largest absolute Gasteiger partial charge is 0.392 e. The second-order valence-corrected chi connectivity index (χ2v) is 5.72. The lowest BCUT2D eigenvalue weighted by Crippen LogP contribution is -2.32. The summed E-state index contributed by atoms with van der Waals surface area (Å²) in [6.07, 6.45) is 0.0505. The summed E-state index contributed by atoms with van der Waals surface area (Å²) in [6.45, 7) is 3.30. The van der Waals surface area contributed by atoms with Crippen molar-refractivity contribution in [3.8, 4) is 0 Å². The number of likely N-dealkylation sites (tertiary alicyclic amines) is 1. The zero-order valence-electron chi connectivity index (χ0n) is 12.9. The van der Waals surface area contributed by atoms with E-state index in [2.05, 4.69) is 0 Å². The first-order valence-corrected chi connectivity index (χ1v) is 7.53. The molecule has 122 valence electrons. The predicted molar refractivity (Wildman–Crippen MR) is 79.2 cm³/mol. The molecule has 0 saturated carbocycles. The monoisotopic (exact) mass is 312 g/mol. The maximum atomic E-state index is 14.0. The molecule has 0 bridgehead atoms. The van der Waals surface area contributed by atoms with Crippen molar-refractivity contribution in [3.05, 3.63) is 35.4 Å². The number of aliphatic hydroxyl groups is 1. The highest BCUT2D eigenvalue weighted by Gasteiger charge is 2.33. The van der Waals surface area contributed by atoms with Crippen LogP contribution in [-0.4, -0.2) is 53.6 Å². The molecule has 1 saturated heterocycles. The number of β-amino-alcohol motifs (C(OH)–C–C–N with tert-alkyl or cyclic N) is 1. The summed E-state index contributed by atoms with van der Waals surface area (Å²) >= 11 is 0. The SMILES string of the molecule is CCN(C)C(=O)CCN1CC(O)CC1c1cc(F)ccc1F. The van der Waals surface area contributed by atoms with Gasteiger partial charge in [0.05, 0.1) is 6.10 Å². The van der Waals surface area contributed by atoms with Gasteiger partial charge in [-0.3, -0.25) is 9.69 Å². The van der Waals surface area contributed by atoms with Gasteiger partial charge >= 0.3 is 0 Å². The molecular formula is C16H22F2N2O2. The number of hydrogen-bond donors (Lipinski definition) is 1. The molecular weight excluding hydrogens is 290 g/mol. The van der Waals surface area contributed by atoms with Gasteiger partial charge in [0.1, 0.15) is 11.6 Å². The molecule has 1 N–H and O–H groups in total. The van der Waals surface area contributed by atoms with Crippen LogP contribution in [0.3, 0.4) is 0 Å². The third kappa shape index (κ3) is 3.81. The number of carbonyl (C=O) groups excluding carboxylic acids is 1. The Morgan fingerprint density at radius 2 is 2.18 bits per heavy atom. The molecule has 2 unspecified atom stereocenters. The van der Waals surface area contributed by atoms with Crippen LogP contribution in [0.15, 0.2) is 18.2 Å². The predicted octanol–water partition coefficient (Wildman–Crippen LogP) is 1.94. The summed E-state index contributed by atoms with van der Waals surface area (Å²) in [5, 5.41) is 9.86. The standard InChI is InChI=1S/C16H22F2N2O2/c1-3-19(2)16(22)6-7-20-10-12(21)9-15(20)13-8-11(17)4-5-14(13)18/h4-5,8,12,15,21H,3,6-7,9-10H2,1-2H3. The van der Waals surface area contributed by atoms with Gasteiger partial charge in [0.15, 0.2) is 0 Å². The Morgan fingerprint density at radius 1 is 1.45 bits per heavy atom. The van der Waals surface area contributed by atoms with Crippen LogP contribution in [0.1, 0.15) is 31.4 Å². The maximum absolute atomic E-state index is 14.0. The van der Waals surface area contributed by atoms with Crippen molar-refractivity contribution in [2.45, 2.75) is 31.9 Å². The van der Waals surface area contributed by atoms with Gasteiger partial charge in [-0.15, -0.1) is 0 Å². The Hall–Kier alpha value is -1.53. The van der Waals surface area contributed by atoms with Gasteiger partial charge in [0, 0.05) is 44.7 Å². The van der Waals surface area contributed by atoms with E-state index in [-0.39, 0.29) is 11.5 Å². The minimum absolute atomic E-state index is 0.00218. The summed E-state index contributed by atoms with van der Waals surface area (Å²) < 4.78 is 27.3. The number of nitrogens with zero attached hydrogens (tertiary/aromatic N) is 2. The Labute approximate surface area is 129 Å². The Morgan fingerprint density at radius 3 is 2.86 bits per heavy atom. The Bertz CT molecular complexity index is 539. The number of benzene rings is 1. The maximum Gasteiger partial charge on any atom is 0.223 e. The number of aliphatic hydroxyl groups excluding tert-OH is 1. The molecule has 1 amide bonds. The fourth-order valence-electron chi connectivity index (χ4n) is 2.83. The number of carbonyl (C=O) groups is 1. The topological polar surface area (TPSA) is 43.8 Å². The lowest BCUT2D eigenvalue weighted by atomic mass is 10.0. The smallest absolute Gasteiger partial charge is 0.223 e. The normalized spacial score (nSPS) is 22.0. The number of amides is 1. The van der Waals surface area contributed by atoms with Crippen molar-refractivity contribution < 1.29 is 18.7 Å². The van der Waals surface area contributed by atoms with E-state index in [1.807, 2.05) is 11.8 Å². The van der Waals surface area contributed by atoms with Gasteiger partial charge in [-0.05, 0) is 31.5 Å². The summed E-state index contributed by atoms with van der Waals surface area (Å²) in [4.78, 5) is 15.3. The molecule has 4 nitrogen and oxygen atoms in total. The highest BCUT2D eigenvalue weighted by Crippen LogP contribution is 2.34. The second-order valence-electron chi connectivity index (χ2n) is 5.72. The van der Waals surface area contributed by atoms with Gasteiger partial charge in [-0.1, -0.05) is 0 Å². The summed E-state index contributed by atoms with van der Waals surface area (Å²) in [7, 11) is 1.73. The van der Waals surface area contributed by atoms with Gasteiger partial charge in [0.2, 0.25) is 5.91 Å². The molecule has 2 atom stereocenters. The van der Waals surface area contributed by atoms with Crippen LogP contribution in [0.5, 0.6) is 0 Å². The fraction of sp³-hybridized carbons (Fsp3) is 0.562. The summed E-state index contributed by atoms with van der Waals surface area (Å²) in [6, 6.07) is 2.95. The molecule has 1 aromatic rings. The minimum atomic E-state index is -0.591. The van der Waals surface area contributed by atoms with E-state index in [0.717, 1.165) is 12.1 Å². The number of halogens is 2. The number of hydrogen-bond acceptors (Lipinski definition) is 3. The molecule has 0 spiro atoms. The van der Waals surface area contributed by atoms with Crippen molar-refractivity contribution >= 4 is 5.91 Å². The molecule has 1 heterocycles. The highest BCUT2D eigenvalue weighted by molar-refractivity contribution is 5.76. The minimum Gasteiger partial charge on any atom is -0.392 e. The molecule has 6 heteroatoms. The van der Waals surface area contributed by atoms with Crippen molar-refractivity contribution in [1.82, 2.24) is 9.80 Å². The zero-order chi connectivity index (χ0) is 16.3. The van der Waals surface area contributed by atoms with Crippen molar-refractivity contribution in [2.75, 3.05) is 26.7 Å². The van der Waals surface area contributed by atoms with Gasteiger partial charge in [-0.25, -0.2) is 8.78 Å². The van der Waals surface area contributed by atoms with E-state index in [1.165, 1.54) is 6.07 Å². The van der Waals surface area contributed by atoms with E-state index >= 15 is 0 Å². The van der Waals surface area contributed by atoms with Crippen LogP contribution >= 0.6 is 0 Å². The van der Waals surface area contributed by atoms with E-state index in [1.54, 1.807) is 11.9 Å². The van der Waals surface area contributed by atoms with Crippen molar-refractivity contribution in [2.24, 2.45) is 0 Å². The summed E-state index contributed by atoms with van der Waals surface area (Å²) in [5.74, 6) is -0.982. The molecule has 0 aromatic heterocycles. The van der Waals surface area contributed by atoms with E-state index in [0.29, 0.717) is 32.5 Å². The average molecular weight is 312 g/mol. The van der Waals surface area contributed by atoms with Crippen LogP contribution < -0.4 is 0 Å². The molecule has 1 aliphatic heterocycles. The molecule has 22 heavy (non-hydrogen) atoms. The lowest BCUT2D eigenvalue weighted by Gasteiger charge is -2.25.